The summed E-state index contributed by atoms with van der Waals surface area (Å²) in [6, 6.07) is 0. The van der Waals surface area contributed by atoms with Gasteiger partial charge in [-0.05, 0) is 13.5 Å². The number of carbonyl (C=O) groups excluding carboxylic acids is 1. The van der Waals surface area contributed by atoms with Gasteiger partial charge in [0.05, 0.1) is 12.5 Å². The van der Waals surface area contributed by atoms with E-state index >= 15 is 0 Å². The van der Waals surface area contributed by atoms with Crippen LogP contribution < -0.4 is 5.32 Å². The Balaban J connectivity index is 2.31. The zero-order valence-electron chi connectivity index (χ0n) is 5.52. The molecule has 1 unspecified atom stereocenters. The van der Waals surface area contributed by atoms with Crippen LogP contribution in [0.3, 0.4) is 0 Å². The molecular weight excluding hydrogens is 118 g/mol. The minimum absolute atomic E-state index is 0.0515. The lowest BCUT2D eigenvalue weighted by molar-refractivity contribution is -0.141. The fourth-order valence-corrected chi connectivity index (χ4v) is 0.969. The van der Waals surface area contributed by atoms with Gasteiger partial charge in [-0.25, -0.2) is 0 Å². The molecule has 0 bridgehead atoms. The molecular formula is C6H11NO2. The van der Waals surface area contributed by atoms with Crippen molar-refractivity contribution in [1.82, 2.24) is 5.32 Å². The van der Waals surface area contributed by atoms with Gasteiger partial charge in [0.25, 0.3) is 0 Å². The van der Waals surface area contributed by atoms with E-state index in [-0.39, 0.29) is 11.9 Å². The van der Waals surface area contributed by atoms with Gasteiger partial charge in [-0.15, -0.1) is 0 Å². The molecule has 1 fully saturated rings. The maximum atomic E-state index is 10.7. The molecule has 3 heteroatoms. The van der Waals surface area contributed by atoms with Crippen molar-refractivity contribution in [2.75, 3.05) is 20.2 Å². The van der Waals surface area contributed by atoms with E-state index in [0.717, 1.165) is 13.0 Å². The molecule has 1 aliphatic heterocycles. The zero-order chi connectivity index (χ0) is 6.69. The summed E-state index contributed by atoms with van der Waals surface area (Å²) in [5, 5.41) is 2.94. The summed E-state index contributed by atoms with van der Waals surface area (Å²) >= 11 is 0. The van der Waals surface area contributed by atoms with E-state index in [0.29, 0.717) is 6.61 Å². The number of hydrogen-bond acceptors (Lipinski definition) is 3. The van der Waals surface area contributed by atoms with Gasteiger partial charge in [-0.2, -0.15) is 0 Å². The summed E-state index contributed by atoms with van der Waals surface area (Å²) in [5.74, 6) is 0.0550. The largest absolute Gasteiger partial charge is 0.465 e. The maximum Gasteiger partial charge on any atom is 0.310 e. The van der Waals surface area contributed by atoms with Gasteiger partial charge in [0.15, 0.2) is 0 Å². The van der Waals surface area contributed by atoms with Crippen LogP contribution in [0.4, 0.5) is 0 Å². The highest BCUT2D eigenvalue weighted by atomic mass is 16.5. The third-order valence-corrected chi connectivity index (χ3v) is 1.49. The lowest BCUT2D eigenvalue weighted by Crippen LogP contribution is -2.22. The quantitative estimate of drug-likeness (QED) is 0.523. The third-order valence-electron chi connectivity index (χ3n) is 1.49. The Morgan fingerprint density at radius 2 is 2.67 bits per heavy atom. The lowest BCUT2D eigenvalue weighted by atomic mass is 10.1. The predicted octanol–water partition coefficient (Wildman–Crippen LogP) is -0.231. The smallest absolute Gasteiger partial charge is 0.310 e. The number of esters is 1. The number of cyclic esters (lactones) is 1. The average molecular weight is 129 g/mol. The molecule has 1 rings (SSSR count). The van der Waals surface area contributed by atoms with E-state index in [1.165, 1.54) is 0 Å². The molecule has 1 atom stereocenters. The van der Waals surface area contributed by atoms with Crippen molar-refractivity contribution < 1.29 is 9.53 Å². The van der Waals surface area contributed by atoms with E-state index in [2.05, 4.69) is 5.32 Å². The first-order valence-corrected chi connectivity index (χ1v) is 3.16. The molecule has 0 spiro atoms. The average Bonchev–Trinajstić information content (AvgIpc) is 2.18. The van der Waals surface area contributed by atoms with Crippen molar-refractivity contribution >= 4 is 5.97 Å². The fraction of sp³-hybridized carbons (Fsp3) is 0.833. The third kappa shape index (κ3) is 1.42. The van der Waals surface area contributed by atoms with Crippen molar-refractivity contribution in [3.63, 3.8) is 0 Å². The lowest BCUT2D eigenvalue weighted by Gasteiger charge is -2.01. The van der Waals surface area contributed by atoms with Crippen LogP contribution in [-0.4, -0.2) is 26.2 Å². The summed E-state index contributed by atoms with van der Waals surface area (Å²) in [6.07, 6.45) is 0.875. The van der Waals surface area contributed by atoms with E-state index in [4.69, 9.17) is 4.74 Å². The van der Waals surface area contributed by atoms with E-state index in [1.807, 2.05) is 7.05 Å². The van der Waals surface area contributed by atoms with Crippen LogP contribution in [-0.2, 0) is 9.53 Å². The zero-order valence-corrected chi connectivity index (χ0v) is 5.52. The molecule has 1 aliphatic rings. The molecule has 3 nitrogen and oxygen atoms in total. The van der Waals surface area contributed by atoms with Gasteiger partial charge in [0, 0.05) is 6.54 Å². The number of carbonyl (C=O) groups is 1. The summed E-state index contributed by atoms with van der Waals surface area (Å²) < 4.78 is 4.74. The number of rotatable bonds is 2. The second-order valence-corrected chi connectivity index (χ2v) is 2.21. The molecule has 0 amide bonds. The molecule has 9 heavy (non-hydrogen) atoms. The predicted molar refractivity (Wildman–Crippen MR) is 33.0 cm³/mol. The fourth-order valence-electron chi connectivity index (χ4n) is 0.969. The molecule has 1 saturated heterocycles. The van der Waals surface area contributed by atoms with Gasteiger partial charge in [0.2, 0.25) is 0 Å². The maximum absolute atomic E-state index is 10.7. The van der Waals surface area contributed by atoms with Crippen molar-refractivity contribution in [3.8, 4) is 0 Å². The molecule has 0 aliphatic carbocycles. The second-order valence-electron chi connectivity index (χ2n) is 2.21. The van der Waals surface area contributed by atoms with Gasteiger partial charge in [0.1, 0.15) is 0 Å². The molecule has 1 heterocycles. The van der Waals surface area contributed by atoms with Crippen LogP contribution in [0.25, 0.3) is 0 Å². The van der Waals surface area contributed by atoms with Gasteiger partial charge < -0.3 is 10.1 Å². The Bertz CT molecular complexity index is 114. The summed E-state index contributed by atoms with van der Waals surface area (Å²) in [5.41, 5.74) is 0. The number of hydrogen-bond donors (Lipinski definition) is 1. The van der Waals surface area contributed by atoms with Crippen LogP contribution in [0.5, 0.6) is 0 Å². The van der Waals surface area contributed by atoms with Gasteiger partial charge in [-0.1, -0.05) is 0 Å². The monoisotopic (exact) mass is 129 g/mol. The van der Waals surface area contributed by atoms with E-state index in [1.54, 1.807) is 0 Å². The minimum atomic E-state index is -0.0515. The highest BCUT2D eigenvalue weighted by Crippen LogP contribution is 2.12. The Hall–Kier alpha value is -0.570. The van der Waals surface area contributed by atoms with Crippen LogP contribution in [0, 0.1) is 5.92 Å². The van der Waals surface area contributed by atoms with Gasteiger partial charge >= 0.3 is 5.97 Å². The molecule has 52 valence electrons. The molecule has 1 N–H and O–H groups in total. The minimum Gasteiger partial charge on any atom is -0.465 e. The Morgan fingerprint density at radius 1 is 1.89 bits per heavy atom. The Morgan fingerprint density at radius 3 is 3.11 bits per heavy atom. The van der Waals surface area contributed by atoms with E-state index < -0.39 is 0 Å². The number of ether oxygens (including phenoxy) is 1. The molecule has 0 radical (unpaired) electrons. The highest BCUT2D eigenvalue weighted by Gasteiger charge is 2.24. The summed E-state index contributed by atoms with van der Waals surface area (Å²) in [7, 11) is 1.84. The molecule has 0 aromatic rings. The van der Waals surface area contributed by atoms with Gasteiger partial charge in [-0.3, -0.25) is 4.79 Å². The van der Waals surface area contributed by atoms with Crippen LogP contribution in [0.2, 0.25) is 0 Å². The van der Waals surface area contributed by atoms with E-state index in [9.17, 15) is 4.79 Å². The molecule has 0 aromatic carbocycles. The first kappa shape index (κ1) is 6.55. The summed E-state index contributed by atoms with van der Waals surface area (Å²) in [6.45, 7) is 1.35. The SMILES string of the molecule is CNCC1CCOC1=O. The van der Waals surface area contributed by atoms with Crippen LogP contribution in [0.15, 0.2) is 0 Å². The highest BCUT2D eigenvalue weighted by molar-refractivity contribution is 5.74. The topological polar surface area (TPSA) is 38.3 Å². The molecule has 0 aromatic heterocycles. The van der Waals surface area contributed by atoms with Crippen molar-refractivity contribution in [1.29, 1.82) is 0 Å². The summed E-state index contributed by atoms with van der Waals surface area (Å²) in [4.78, 5) is 10.7. The Kier molecular flexibility index (Phi) is 2.05. The molecule has 0 saturated carbocycles. The van der Waals surface area contributed by atoms with Crippen LogP contribution in [0.1, 0.15) is 6.42 Å². The first-order chi connectivity index (χ1) is 4.34. The van der Waals surface area contributed by atoms with Crippen molar-refractivity contribution in [2.24, 2.45) is 5.92 Å². The second kappa shape index (κ2) is 2.82. The Labute approximate surface area is 54.4 Å². The standard InChI is InChI=1S/C6H11NO2/c1-7-4-5-2-3-9-6(5)8/h5,7H,2-4H2,1H3. The number of nitrogens with one attached hydrogen (secondary N) is 1. The van der Waals surface area contributed by atoms with Crippen molar-refractivity contribution in [2.45, 2.75) is 6.42 Å². The normalized spacial score (nSPS) is 26.3. The van der Waals surface area contributed by atoms with Crippen LogP contribution >= 0.6 is 0 Å². The first-order valence-electron chi connectivity index (χ1n) is 3.16. The van der Waals surface area contributed by atoms with Crippen molar-refractivity contribution in [3.05, 3.63) is 0 Å².